The Hall–Kier alpha value is -1.22. The summed E-state index contributed by atoms with van der Waals surface area (Å²) in [6.07, 6.45) is 3.93. The number of allylic oxidation sites excluding steroid dienone is 1. The maximum absolute atomic E-state index is 13.4. The molecule has 17 heavy (non-hydrogen) atoms. The summed E-state index contributed by atoms with van der Waals surface area (Å²) in [5.74, 6) is -1.04. The minimum atomic E-state index is -0.538. The van der Waals surface area contributed by atoms with E-state index in [1.54, 1.807) is 0 Å². The average Bonchev–Trinajstić information content (AvgIpc) is 2.28. The molecule has 0 aliphatic carbocycles. The third kappa shape index (κ3) is 4.65. The van der Waals surface area contributed by atoms with Crippen LogP contribution >= 0.6 is 0 Å². The Kier molecular flexibility index (Phi) is 5.84. The molecule has 1 aromatic rings. The first-order valence-corrected chi connectivity index (χ1v) is 5.98. The van der Waals surface area contributed by atoms with E-state index in [1.807, 2.05) is 13.0 Å². The standard InChI is InChI=1S/C14H19F2N/c1-3-8-17-9-4-5-11(2)13-7-6-12(15)10-14(13)16/h5-7,10,17H,3-4,8-9H2,1-2H3. The molecule has 1 aromatic carbocycles. The van der Waals surface area contributed by atoms with Crippen LogP contribution in [0.15, 0.2) is 24.3 Å². The van der Waals surface area contributed by atoms with Crippen molar-refractivity contribution < 1.29 is 8.78 Å². The third-order valence-corrected chi connectivity index (χ3v) is 2.55. The largest absolute Gasteiger partial charge is 0.316 e. The Morgan fingerprint density at radius 3 is 2.71 bits per heavy atom. The van der Waals surface area contributed by atoms with Crippen LogP contribution in [0.3, 0.4) is 0 Å². The van der Waals surface area contributed by atoms with Crippen LogP contribution in [0.2, 0.25) is 0 Å². The van der Waals surface area contributed by atoms with Gasteiger partial charge in [-0.3, -0.25) is 0 Å². The summed E-state index contributed by atoms with van der Waals surface area (Å²) in [5.41, 5.74) is 1.32. The van der Waals surface area contributed by atoms with Crippen LogP contribution in [0, 0.1) is 11.6 Å². The second-order valence-electron chi connectivity index (χ2n) is 4.05. The van der Waals surface area contributed by atoms with Gasteiger partial charge < -0.3 is 5.32 Å². The number of hydrogen-bond donors (Lipinski definition) is 1. The Labute approximate surface area is 102 Å². The molecule has 0 bridgehead atoms. The predicted octanol–water partition coefficient (Wildman–Crippen LogP) is 3.76. The van der Waals surface area contributed by atoms with Crippen molar-refractivity contribution in [3.8, 4) is 0 Å². The molecule has 0 aliphatic heterocycles. The van der Waals surface area contributed by atoms with Crippen molar-refractivity contribution in [2.45, 2.75) is 26.7 Å². The number of rotatable bonds is 6. The monoisotopic (exact) mass is 239 g/mol. The first-order valence-electron chi connectivity index (χ1n) is 5.98. The summed E-state index contributed by atoms with van der Waals surface area (Å²) in [7, 11) is 0. The molecule has 0 amide bonds. The molecule has 0 radical (unpaired) electrons. The molecule has 1 nitrogen and oxygen atoms in total. The fourth-order valence-corrected chi connectivity index (χ4v) is 1.61. The second kappa shape index (κ2) is 7.17. The zero-order valence-corrected chi connectivity index (χ0v) is 10.4. The van der Waals surface area contributed by atoms with Gasteiger partial charge in [-0.15, -0.1) is 0 Å². The van der Waals surface area contributed by atoms with Crippen molar-refractivity contribution in [2.75, 3.05) is 13.1 Å². The van der Waals surface area contributed by atoms with Gasteiger partial charge in [0.1, 0.15) is 11.6 Å². The Balaban J connectivity index is 2.56. The molecule has 0 fully saturated rings. The van der Waals surface area contributed by atoms with Gasteiger partial charge in [-0.25, -0.2) is 8.78 Å². The lowest BCUT2D eigenvalue weighted by Crippen LogP contribution is -2.15. The van der Waals surface area contributed by atoms with Crippen LogP contribution < -0.4 is 5.32 Å². The zero-order chi connectivity index (χ0) is 12.7. The van der Waals surface area contributed by atoms with Crippen molar-refractivity contribution in [1.29, 1.82) is 0 Å². The van der Waals surface area contributed by atoms with E-state index in [9.17, 15) is 8.78 Å². The molecule has 1 N–H and O–H groups in total. The zero-order valence-electron chi connectivity index (χ0n) is 10.4. The highest BCUT2D eigenvalue weighted by Gasteiger charge is 2.04. The summed E-state index contributed by atoms with van der Waals surface area (Å²) in [4.78, 5) is 0. The fourth-order valence-electron chi connectivity index (χ4n) is 1.61. The molecule has 0 aliphatic rings. The van der Waals surface area contributed by atoms with E-state index < -0.39 is 11.6 Å². The van der Waals surface area contributed by atoms with Gasteiger partial charge in [0.25, 0.3) is 0 Å². The van der Waals surface area contributed by atoms with Gasteiger partial charge in [0, 0.05) is 11.6 Å². The number of nitrogens with one attached hydrogen (secondary N) is 1. The third-order valence-electron chi connectivity index (χ3n) is 2.55. The lowest BCUT2D eigenvalue weighted by atomic mass is 10.1. The molecule has 0 aromatic heterocycles. The van der Waals surface area contributed by atoms with Crippen LogP contribution in [0.25, 0.3) is 5.57 Å². The minimum Gasteiger partial charge on any atom is -0.316 e. The van der Waals surface area contributed by atoms with Crippen LogP contribution in [0.1, 0.15) is 32.3 Å². The van der Waals surface area contributed by atoms with E-state index in [4.69, 9.17) is 0 Å². The van der Waals surface area contributed by atoms with Crippen LogP contribution in [0.5, 0.6) is 0 Å². The lowest BCUT2D eigenvalue weighted by molar-refractivity contribution is 0.581. The average molecular weight is 239 g/mol. The molecule has 0 saturated carbocycles. The van der Waals surface area contributed by atoms with Crippen LogP contribution in [-0.4, -0.2) is 13.1 Å². The summed E-state index contributed by atoms with van der Waals surface area (Å²) >= 11 is 0. The molecule has 0 saturated heterocycles. The molecular weight excluding hydrogens is 220 g/mol. The highest BCUT2D eigenvalue weighted by molar-refractivity contribution is 5.64. The number of halogens is 2. The van der Waals surface area contributed by atoms with E-state index >= 15 is 0 Å². The summed E-state index contributed by atoms with van der Waals surface area (Å²) in [5, 5.41) is 3.27. The van der Waals surface area contributed by atoms with E-state index in [-0.39, 0.29) is 0 Å². The van der Waals surface area contributed by atoms with E-state index in [0.29, 0.717) is 5.56 Å². The van der Waals surface area contributed by atoms with Crippen molar-refractivity contribution in [3.63, 3.8) is 0 Å². The quantitative estimate of drug-likeness (QED) is 0.745. The van der Waals surface area contributed by atoms with Crippen molar-refractivity contribution in [2.24, 2.45) is 0 Å². The first-order chi connectivity index (χ1) is 8.15. The van der Waals surface area contributed by atoms with Gasteiger partial charge >= 0.3 is 0 Å². The fraction of sp³-hybridized carbons (Fsp3) is 0.429. The van der Waals surface area contributed by atoms with Gasteiger partial charge in [0.15, 0.2) is 0 Å². The molecule has 0 unspecified atom stereocenters. The van der Waals surface area contributed by atoms with E-state index in [2.05, 4.69) is 12.2 Å². The van der Waals surface area contributed by atoms with Gasteiger partial charge in [-0.05, 0) is 50.6 Å². The second-order valence-corrected chi connectivity index (χ2v) is 4.05. The molecule has 3 heteroatoms. The maximum Gasteiger partial charge on any atom is 0.133 e. The Morgan fingerprint density at radius 2 is 2.06 bits per heavy atom. The van der Waals surface area contributed by atoms with Crippen LogP contribution in [-0.2, 0) is 0 Å². The number of hydrogen-bond acceptors (Lipinski definition) is 1. The van der Waals surface area contributed by atoms with E-state index in [1.165, 1.54) is 12.1 Å². The topological polar surface area (TPSA) is 12.0 Å². The minimum absolute atomic E-state index is 0.474. The van der Waals surface area contributed by atoms with Gasteiger partial charge in [0.05, 0.1) is 0 Å². The smallest absolute Gasteiger partial charge is 0.133 e. The van der Waals surface area contributed by atoms with Crippen molar-refractivity contribution in [3.05, 3.63) is 41.5 Å². The molecule has 0 spiro atoms. The highest BCUT2D eigenvalue weighted by Crippen LogP contribution is 2.18. The molecular formula is C14H19F2N. The lowest BCUT2D eigenvalue weighted by Gasteiger charge is -2.04. The summed E-state index contributed by atoms with van der Waals surface area (Å²) in [6, 6.07) is 3.68. The maximum atomic E-state index is 13.4. The van der Waals surface area contributed by atoms with E-state index in [0.717, 1.165) is 37.6 Å². The highest BCUT2D eigenvalue weighted by atomic mass is 19.1. The molecule has 0 heterocycles. The van der Waals surface area contributed by atoms with Gasteiger partial charge in [0.2, 0.25) is 0 Å². The molecule has 1 rings (SSSR count). The Bertz CT molecular complexity index is 386. The first kappa shape index (κ1) is 13.8. The van der Waals surface area contributed by atoms with Crippen molar-refractivity contribution in [1.82, 2.24) is 5.32 Å². The van der Waals surface area contributed by atoms with Crippen LogP contribution in [0.4, 0.5) is 8.78 Å². The summed E-state index contributed by atoms with van der Waals surface area (Å²) in [6.45, 7) is 5.84. The summed E-state index contributed by atoms with van der Waals surface area (Å²) < 4.78 is 26.2. The van der Waals surface area contributed by atoms with Crippen molar-refractivity contribution >= 4 is 5.57 Å². The predicted molar refractivity (Wildman–Crippen MR) is 67.8 cm³/mol. The Morgan fingerprint density at radius 1 is 1.29 bits per heavy atom. The number of benzene rings is 1. The SMILES string of the molecule is CCCNCCC=C(C)c1ccc(F)cc1F. The van der Waals surface area contributed by atoms with Gasteiger partial charge in [-0.1, -0.05) is 13.0 Å². The molecule has 94 valence electrons. The normalized spacial score (nSPS) is 11.9. The molecule has 0 atom stereocenters. The van der Waals surface area contributed by atoms with Gasteiger partial charge in [-0.2, -0.15) is 0 Å².